The van der Waals surface area contributed by atoms with Crippen molar-refractivity contribution < 1.29 is 19.1 Å². The summed E-state index contributed by atoms with van der Waals surface area (Å²) in [7, 11) is 0. The van der Waals surface area contributed by atoms with Crippen molar-refractivity contribution in [2.75, 3.05) is 11.9 Å². The van der Waals surface area contributed by atoms with E-state index in [1.807, 2.05) is 81.4 Å². The van der Waals surface area contributed by atoms with E-state index in [4.69, 9.17) is 16.3 Å². The lowest BCUT2D eigenvalue weighted by Crippen LogP contribution is -2.53. The van der Waals surface area contributed by atoms with Gasteiger partial charge in [0.25, 0.3) is 5.91 Å². The van der Waals surface area contributed by atoms with Crippen LogP contribution in [0.25, 0.3) is 0 Å². The molecule has 0 spiro atoms. The van der Waals surface area contributed by atoms with Gasteiger partial charge < -0.3 is 20.3 Å². The smallest absolute Gasteiger partial charge is 0.408 e. The van der Waals surface area contributed by atoms with Crippen LogP contribution in [0.1, 0.15) is 93.7 Å². The van der Waals surface area contributed by atoms with E-state index in [9.17, 15) is 14.4 Å². The van der Waals surface area contributed by atoms with Crippen LogP contribution in [0.5, 0.6) is 0 Å². The minimum absolute atomic E-state index is 0.232. The zero-order valence-corrected chi connectivity index (χ0v) is 29.2. The number of para-hydroxylation sites is 1. The number of carbonyl (C=O) groups excluding carboxylic acids is 3. The van der Waals surface area contributed by atoms with Gasteiger partial charge in [-0.05, 0) is 76.3 Å². The van der Waals surface area contributed by atoms with E-state index < -0.39 is 23.8 Å². The molecule has 0 bridgehead atoms. The van der Waals surface area contributed by atoms with Gasteiger partial charge in [-0.3, -0.25) is 9.59 Å². The number of carbonyl (C=O) groups is 3. The molecule has 7 nitrogen and oxygen atoms in total. The molecular formula is C38H50ClN3O4. The Bertz CT molecular complexity index is 1450. The normalized spacial score (nSPS) is 12.6. The molecule has 3 aromatic carbocycles. The van der Waals surface area contributed by atoms with Crippen molar-refractivity contribution in [1.29, 1.82) is 0 Å². The lowest BCUT2D eigenvalue weighted by atomic mass is 9.95. The van der Waals surface area contributed by atoms with Crippen molar-refractivity contribution >= 4 is 35.2 Å². The van der Waals surface area contributed by atoms with Gasteiger partial charge in [-0.25, -0.2) is 4.79 Å². The average Bonchev–Trinajstić information content (AvgIpc) is 2.98. The lowest BCUT2D eigenvalue weighted by Gasteiger charge is -2.35. The molecule has 3 aromatic rings. The first-order chi connectivity index (χ1) is 21.8. The van der Waals surface area contributed by atoms with Crippen LogP contribution in [0.3, 0.4) is 0 Å². The Morgan fingerprint density at radius 2 is 1.57 bits per heavy atom. The number of anilines is 1. The number of unbranched alkanes of at least 4 members (excludes halogenated alkanes) is 4. The van der Waals surface area contributed by atoms with Gasteiger partial charge in [-0.1, -0.05) is 110 Å². The van der Waals surface area contributed by atoms with Crippen molar-refractivity contribution in [3.8, 4) is 0 Å². The van der Waals surface area contributed by atoms with Gasteiger partial charge in [0.15, 0.2) is 0 Å². The van der Waals surface area contributed by atoms with Crippen LogP contribution in [0.15, 0.2) is 66.7 Å². The van der Waals surface area contributed by atoms with Crippen LogP contribution in [0.2, 0.25) is 5.02 Å². The first kappa shape index (κ1) is 36.6. The first-order valence-electron chi connectivity index (χ1n) is 16.3. The maximum atomic E-state index is 14.8. The van der Waals surface area contributed by atoms with Crippen molar-refractivity contribution in [1.82, 2.24) is 10.2 Å². The third kappa shape index (κ3) is 10.9. The van der Waals surface area contributed by atoms with Gasteiger partial charge in [0.1, 0.15) is 17.7 Å². The number of benzene rings is 3. The monoisotopic (exact) mass is 647 g/mol. The molecule has 0 aliphatic carbocycles. The third-order valence-electron chi connectivity index (χ3n) is 7.81. The number of ether oxygens (including phenoxy) is 1. The highest BCUT2D eigenvalue weighted by atomic mass is 35.5. The maximum Gasteiger partial charge on any atom is 0.408 e. The molecule has 0 aliphatic heterocycles. The number of hydrogen-bond donors (Lipinski definition) is 2. The molecule has 0 radical (unpaired) electrons. The SMILES string of the molecule is CCCCCCCN(C(=O)C(Cc1ccccc1)NC(=O)OC(C)(C)C)C(C(=O)Nc1c(C)cccc1Cl)c1ccc(C)cc1C. The molecule has 2 N–H and O–H groups in total. The van der Waals surface area contributed by atoms with Crippen LogP contribution in [-0.4, -0.2) is 41.0 Å². The summed E-state index contributed by atoms with van der Waals surface area (Å²) in [4.78, 5) is 44.0. The molecule has 0 heterocycles. The number of halogens is 1. The van der Waals surface area contributed by atoms with Gasteiger partial charge in [0.2, 0.25) is 5.91 Å². The molecule has 3 amide bonds. The molecule has 0 saturated carbocycles. The summed E-state index contributed by atoms with van der Waals surface area (Å²) in [5.41, 5.74) is 4.09. The number of aryl methyl sites for hydroxylation is 3. The van der Waals surface area contributed by atoms with Gasteiger partial charge in [0, 0.05) is 13.0 Å². The minimum atomic E-state index is -0.978. The molecule has 0 fully saturated rings. The number of hydrogen-bond acceptors (Lipinski definition) is 4. The van der Waals surface area contributed by atoms with E-state index in [-0.39, 0.29) is 18.2 Å². The van der Waals surface area contributed by atoms with Crippen molar-refractivity contribution in [3.63, 3.8) is 0 Å². The predicted octanol–water partition coefficient (Wildman–Crippen LogP) is 8.88. The number of alkyl carbamates (subject to hydrolysis) is 1. The van der Waals surface area contributed by atoms with Crippen molar-refractivity contribution in [2.45, 2.75) is 105 Å². The van der Waals surface area contributed by atoms with Crippen LogP contribution < -0.4 is 10.6 Å². The summed E-state index contributed by atoms with van der Waals surface area (Å²) in [5, 5.41) is 6.31. The topological polar surface area (TPSA) is 87.7 Å². The number of nitrogens with one attached hydrogen (secondary N) is 2. The molecule has 2 atom stereocenters. The highest BCUT2D eigenvalue weighted by Gasteiger charge is 2.37. The summed E-state index contributed by atoms with van der Waals surface area (Å²) in [6.45, 7) is 13.6. The predicted molar refractivity (Wildman–Crippen MR) is 187 cm³/mol. The van der Waals surface area contributed by atoms with E-state index in [2.05, 4.69) is 17.6 Å². The summed E-state index contributed by atoms with van der Waals surface area (Å²) in [6, 6.07) is 18.9. The van der Waals surface area contributed by atoms with E-state index in [1.54, 1.807) is 31.7 Å². The Balaban J connectivity index is 2.12. The van der Waals surface area contributed by atoms with E-state index in [0.717, 1.165) is 47.9 Å². The molecule has 248 valence electrons. The second kappa shape index (κ2) is 17.2. The third-order valence-corrected chi connectivity index (χ3v) is 8.12. The maximum absolute atomic E-state index is 14.8. The van der Waals surface area contributed by atoms with Crippen molar-refractivity contribution in [3.05, 3.63) is 99.6 Å². The summed E-state index contributed by atoms with van der Waals surface area (Å²) in [6.07, 6.45) is 4.37. The summed E-state index contributed by atoms with van der Waals surface area (Å²) < 4.78 is 5.58. The Hall–Kier alpha value is -3.84. The molecule has 3 rings (SSSR count). The van der Waals surface area contributed by atoms with Crippen LogP contribution in [0, 0.1) is 20.8 Å². The molecule has 0 saturated heterocycles. The molecule has 2 unspecified atom stereocenters. The van der Waals surface area contributed by atoms with Crippen LogP contribution >= 0.6 is 11.6 Å². The van der Waals surface area contributed by atoms with E-state index in [1.165, 1.54) is 0 Å². The largest absolute Gasteiger partial charge is 0.444 e. The molecular weight excluding hydrogens is 598 g/mol. The summed E-state index contributed by atoms with van der Waals surface area (Å²) in [5.74, 6) is -0.734. The van der Waals surface area contributed by atoms with E-state index in [0.29, 0.717) is 29.2 Å². The van der Waals surface area contributed by atoms with Gasteiger partial charge >= 0.3 is 6.09 Å². The van der Waals surface area contributed by atoms with Crippen LogP contribution in [-0.2, 0) is 20.7 Å². The van der Waals surface area contributed by atoms with Gasteiger partial charge in [-0.2, -0.15) is 0 Å². The standard InChI is InChI=1S/C38H50ClN3O4/c1-8-9-10-11-15-23-42(36(44)32(25-29-18-13-12-14-19-29)40-37(45)46-38(5,6)7)34(30-22-21-26(2)24-28(30)4)35(43)41-33-27(3)17-16-20-31(33)39/h12-14,16-22,24,32,34H,8-11,15,23,25H2,1-7H3,(H,40,45)(H,41,43). The lowest BCUT2D eigenvalue weighted by molar-refractivity contribution is -0.140. The Morgan fingerprint density at radius 1 is 0.870 bits per heavy atom. The number of nitrogens with zero attached hydrogens (tertiary/aromatic N) is 1. The molecule has 0 aliphatic rings. The number of rotatable bonds is 14. The zero-order valence-electron chi connectivity index (χ0n) is 28.4. The highest BCUT2D eigenvalue weighted by molar-refractivity contribution is 6.34. The Kier molecular flexibility index (Phi) is 13.7. The van der Waals surface area contributed by atoms with E-state index >= 15 is 0 Å². The Morgan fingerprint density at radius 3 is 2.20 bits per heavy atom. The molecule has 8 heteroatoms. The minimum Gasteiger partial charge on any atom is -0.444 e. The zero-order chi connectivity index (χ0) is 33.9. The molecule has 46 heavy (non-hydrogen) atoms. The van der Waals surface area contributed by atoms with Gasteiger partial charge in [-0.15, -0.1) is 0 Å². The first-order valence-corrected chi connectivity index (χ1v) is 16.7. The fourth-order valence-corrected chi connectivity index (χ4v) is 5.79. The second-order valence-electron chi connectivity index (χ2n) is 13.0. The fraction of sp³-hybridized carbons (Fsp3) is 0.447. The molecule has 0 aromatic heterocycles. The quantitative estimate of drug-likeness (QED) is 0.171. The fourth-order valence-electron chi connectivity index (χ4n) is 5.52. The second-order valence-corrected chi connectivity index (χ2v) is 13.4. The highest BCUT2D eigenvalue weighted by Crippen LogP contribution is 2.31. The average molecular weight is 648 g/mol. The van der Waals surface area contributed by atoms with Crippen LogP contribution in [0.4, 0.5) is 10.5 Å². The van der Waals surface area contributed by atoms with Crippen molar-refractivity contribution in [2.24, 2.45) is 0 Å². The van der Waals surface area contributed by atoms with Gasteiger partial charge in [0.05, 0.1) is 10.7 Å². The Labute approximate surface area is 280 Å². The number of amides is 3. The summed E-state index contributed by atoms with van der Waals surface area (Å²) >= 11 is 6.54.